The Morgan fingerprint density at radius 3 is 3.00 bits per heavy atom. The second-order valence-electron chi connectivity index (χ2n) is 7.80. The van der Waals surface area contributed by atoms with Crippen LogP contribution in [0.2, 0.25) is 0 Å². The largest absolute Gasteiger partial charge is 0.356 e. The summed E-state index contributed by atoms with van der Waals surface area (Å²) in [6, 6.07) is 8.09. The number of nitrogens with zero attached hydrogens (tertiary/aromatic N) is 4. The lowest BCUT2D eigenvalue weighted by atomic mass is 9.97. The number of fused-ring (bicyclic) bond motifs is 3. The van der Waals surface area contributed by atoms with E-state index in [4.69, 9.17) is 4.98 Å². The number of rotatable bonds is 5. The molecule has 1 fully saturated rings. The summed E-state index contributed by atoms with van der Waals surface area (Å²) in [6.45, 7) is 6.74. The van der Waals surface area contributed by atoms with E-state index in [-0.39, 0.29) is 11.8 Å². The van der Waals surface area contributed by atoms with E-state index in [2.05, 4.69) is 39.5 Å². The highest BCUT2D eigenvalue weighted by Crippen LogP contribution is 2.28. The molecule has 3 aromatic rings. The van der Waals surface area contributed by atoms with Crippen molar-refractivity contribution in [1.29, 1.82) is 0 Å². The molecule has 1 aliphatic heterocycles. The summed E-state index contributed by atoms with van der Waals surface area (Å²) in [4.78, 5) is 24.1. The minimum absolute atomic E-state index is 0.0159. The zero-order valence-corrected chi connectivity index (χ0v) is 16.1. The lowest BCUT2D eigenvalue weighted by Gasteiger charge is -2.33. The van der Waals surface area contributed by atoms with E-state index in [1.165, 1.54) is 0 Å². The summed E-state index contributed by atoms with van der Waals surface area (Å²) in [6.07, 6.45) is 6.77. The third-order valence-corrected chi connectivity index (χ3v) is 5.33. The van der Waals surface area contributed by atoms with Crippen LogP contribution in [0.5, 0.6) is 0 Å². The van der Waals surface area contributed by atoms with Crippen LogP contribution in [0.3, 0.4) is 0 Å². The van der Waals surface area contributed by atoms with Gasteiger partial charge in [-0.2, -0.15) is 0 Å². The maximum atomic E-state index is 12.6. The van der Waals surface area contributed by atoms with Gasteiger partial charge in [0.1, 0.15) is 0 Å². The van der Waals surface area contributed by atoms with Crippen LogP contribution in [-0.4, -0.2) is 39.9 Å². The molecule has 1 saturated heterocycles. The standard InChI is InChI=1S/C21H27N5O/c1-15(2)9-11-23-21(27)16-6-4-12-25(14-16)20-18-8-5-13-26(18)17-7-3-10-22-19(17)24-20/h3,5,7-8,10,13,15-16H,4,6,9,11-12,14H2,1-2H3,(H,23,27). The zero-order chi connectivity index (χ0) is 18.8. The number of nitrogens with one attached hydrogen (secondary N) is 1. The van der Waals surface area contributed by atoms with E-state index in [1.54, 1.807) is 6.20 Å². The third-order valence-electron chi connectivity index (χ3n) is 5.33. The molecule has 3 aromatic heterocycles. The van der Waals surface area contributed by atoms with Gasteiger partial charge in [0.2, 0.25) is 5.91 Å². The topological polar surface area (TPSA) is 62.5 Å². The molecule has 0 spiro atoms. The molecular weight excluding hydrogens is 338 g/mol. The summed E-state index contributed by atoms with van der Waals surface area (Å²) in [7, 11) is 0. The van der Waals surface area contributed by atoms with E-state index in [9.17, 15) is 4.79 Å². The average Bonchev–Trinajstić information content (AvgIpc) is 3.17. The molecule has 0 bridgehead atoms. The second-order valence-corrected chi connectivity index (χ2v) is 7.80. The summed E-state index contributed by atoms with van der Waals surface area (Å²) in [5.41, 5.74) is 2.80. The number of piperidine rings is 1. The average molecular weight is 365 g/mol. The van der Waals surface area contributed by atoms with E-state index < -0.39 is 0 Å². The number of pyridine rings is 1. The van der Waals surface area contributed by atoms with Crippen LogP contribution >= 0.6 is 0 Å². The predicted molar refractivity (Wildman–Crippen MR) is 108 cm³/mol. The first kappa shape index (κ1) is 17.8. The molecule has 1 N–H and O–H groups in total. The van der Waals surface area contributed by atoms with Crippen LogP contribution in [0.25, 0.3) is 16.7 Å². The van der Waals surface area contributed by atoms with E-state index in [0.29, 0.717) is 12.5 Å². The SMILES string of the molecule is CC(C)CCNC(=O)C1CCCN(c2nc3ncccc3n3cccc23)C1. The molecule has 6 nitrogen and oxygen atoms in total. The molecule has 1 aliphatic rings. The van der Waals surface area contributed by atoms with Gasteiger partial charge in [-0.05, 0) is 49.4 Å². The van der Waals surface area contributed by atoms with Gasteiger partial charge < -0.3 is 14.6 Å². The first-order chi connectivity index (χ1) is 13.1. The summed E-state index contributed by atoms with van der Waals surface area (Å²) in [5.74, 6) is 1.71. The van der Waals surface area contributed by atoms with E-state index >= 15 is 0 Å². The molecule has 0 aliphatic carbocycles. The van der Waals surface area contributed by atoms with Gasteiger partial charge in [0.15, 0.2) is 11.5 Å². The summed E-state index contributed by atoms with van der Waals surface area (Å²) in [5, 5.41) is 3.11. The van der Waals surface area contributed by atoms with Crippen molar-refractivity contribution in [3.63, 3.8) is 0 Å². The Labute approximate surface area is 159 Å². The van der Waals surface area contributed by atoms with Gasteiger partial charge in [0, 0.05) is 32.0 Å². The molecule has 4 heterocycles. The van der Waals surface area contributed by atoms with Crippen LogP contribution < -0.4 is 10.2 Å². The number of carbonyl (C=O) groups excluding carboxylic acids is 1. The highest BCUT2D eigenvalue weighted by Gasteiger charge is 2.27. The van der Waals surface area contributed by atoms with Gasteiger partial charge in [-0.25, -0.2) is 9.97 Å². The predicted octanol–water partition coefficient (Wildman–Crippen LogP) is 3.26. The fraction of sp³-hybridized carbons (Fsp3) is 0.476. The third kappa shape index (κ3) is 3.61. The Morgan fingerprint density at radius 2 is 2.15 bits per heavy atom. The number of aromatic nitrogens is 3. The molecule has 27 heavy (non-hydrogen) atoms. The van der Waals surface area contributed by atoms with Crippen LogP contribution in [0.1, 0.15) is 33.1 Å². The number of amides is 1. The highest BCUT2D eigenvalue weighted by atomic mass is 16.1. The fourth-order valence-corrected chi connectivity index (χ4v) is 3.84. The van der Waals surface area contributed by atoms with Gasteiger partial charge in [0.05, 0.1) is 17.0 Å². The van der Waals surface area contributed by atoms with Crippen molar-refractivity contribution >= 4 is 28.4 Å². The molecule has 1 unspecified atom stereocenters. The van der Waals surface area contributed by atoms with Crippen molar-refractivity contribution in [2.45, 2.75) is 33.1 Å². The highest BCUT2D eigenvalue weighted by molar-refractivity contribution is 5.84. The fourth-order valence-electron chi connectivity index (χ4n) is 3.84. The Hall–Kier alpha value is -2.63. The molecule has 142 valence electrons. The van der Waals surface area contributed by atoms with Crippen molar-refractivity contribution in [3.05, 3.63) is 36.7 Å². The number of anilines is 1. The summed E-state index contributed by atoms with van der Waals surface area (Å²) >= 11 is 0. The Bertz CT molecular complexity index is 948. The van der Waals surface area contributed by atoms with Gasteiger partial charge >= 0.3 is 0 Å². The first-order valence-corrected chi connectivity index (χ1v) is 9.88. The minimum atomic E-state index is 0.0159. The normalized spacial score (nSPS) is 17.7. The van der Waals surface area contributed by atoms with Crippen LogP contribution in [0.4, 0.5) is 5.82 Å². The maximum absolute atomic E-state index is 12.6. The lowest BCUT2D eigenvalue weighted by molar-refractivity contribution is -0.125. The monoisotopic (exact) mass is 365 g/mol. The molecule has 0 radical (unpaired) electrons. The maximum Gasteiger partial charge on any atom is 0.224 e. The quantitative estimate of drug-likeness (QED) is 0.754. The Morgan fingerprint density at radius 1 is 1.30 bits per heavy atom. The van der Waals surface area contributed by atoms with E-state index in [0.717, 1.165) is 54.9 Å². The molecule has 1 amide bonds. The first-order valence-electron chi connectivity index (χ1n) is 9.88. The van der Waals surface area contributed by atoms with E-state index in [1.807, 2.05) is 24.4 Å². The number of hydrogen-bond acceptors (Lipinski definition) is 4. The molecule has 1 atom stereocenters. The molecule has 0 aromatic carbocycles. The Kier molecular flexibility index (Phi) is 4.97. The Balaban J connectivity index is 1.57. The van der Waals surface area contributed by atoms with Gasteiger partial charge in [-0.15, -0.1) is 0 Å². The van der Waals surface area contributed by atoms with Crippen LogP contribution in [0, 0.1) is 11.8 Å². The van der Waals surface area contributed by atoms with Gasteiger partial charge in [-0.1, -0.05) is 13.8 Å². The van der Waals surface area contributed by atoms with Crippen molar-refractivity contribution < 1.29 is 4.79 Å². The molecule has 0 saturated carbocycles. The minimum Gasteiger partial charge on any atom is -0.356 e. The lowest BCUT2D eigenvalue weighted by Crippen LogP contribution is -2.43. The van der Waals surface area contributed by atoms with Crippen LogP contribution in [0.15, 0.2) is 36.7 Å². The second kappa shape index (κ2) is 7.55. The van der Waals surface area contributed by atoms with Gasteiger partial charge in [-0.3, -0.25) is 4.79 Å². The number of hydrogen-bond donors (Lipinski definition) is 1. The molecule has 6 heteroatoms. The molecule has 4 rings (SSSR count). The van der Waals surface area contributed by atoms with Crippen molar-refractivity contribution in [1.82, 2.24) is 19.7 Å². The smallest absolute Gasteiger partial charge is 0.224 e. The van der Waals surface area contributed by atoms with Crippen molar-refractivity contribution in [2.24, 2.45) is 11.8 Å². The molecular formula is C21H27N5O. The summed E-state index contributed by atoms with van der Waals surface area (Å²) < 4.78 is 2.14. The number of carbonyl (C=O) groups is 1. The van der Waals surface area contributed by atoms with Gasteiger partial charge in [0.25, 0.3) is 0 Å². The zero-order valence-electron chi connectivity index (χ0n) is 16.1. The van der Waals surface area contributed by atoms with Crippen molar-refractivity contribution in [3.8, 4) is 0 Å². The van der Waals surface area contributed by atoms with Crippen LogP contribution in [-0.2, 0) is 4.79 Å². The van der Waals surface area contributed by atoms with Crippen molar-refractivity contribution in [2.75, 3.05) is 24.5 Å².